The molecule has 2 amide bonds. The van der Waals surface area contributed by atoms with Crippen LogP contribution in [0.3, 0.4) is 0 Å². The van der Waals surface area contributed by atoms with Crippen LogP contribution in [0.15, 0.2) is 35.4 Å². The maximum atomic E-state index is 12.4. The maximum absolute atomic E-state index is 12.4. The van der Waals surface area contributed by atoms with E-state index in [2.05, 4.69) is 0 Å². The van der Waals surface area contributed by atoms with E-state index in [1.165, 1.54) is 18.2 Å². The van der Waals surface area contributed by atoms with Gasteiger partial charge in [0.1, 0.15) is 0 Å². The Morgan fingerprint density at radius 2 is 1.95 bits per heavy atom. The fourth-order valence-corrected chi connectivity index (χ4v) is 3.12. The van der Waals surface area contributed by atoms with Gasteiger partial charge in [0.25, 0.3) is 0 Å². The van der Waals surface area contributed by atoms with Gasteiger partial charge in [-0.1, -0.05) is 23.7 Å². The van der Waals surface area contributed by atoms with E-state index < -0.39 is 17.8 Å². The van der Waals surface area contributed by atoms with E-state index in [0.29, 0.717) is 23.6 Å². The van der Waals surface area contributed by atoms with Gasteiger partial charge in [-0.25, -0.2) is 4.79 Å². The Morgan fingerprint density at radius 1 is 1.24 bits per heavy atom. The van der Waals surface area contributed by atoms with Crippen molar-refractivity contribution in [2.75, 3.05) is 4.90 Å². The monoisotopic (exact) mass is 305 g/mol. The van der Waals surface area contributed by atoms with E-state index >= 15 is 0 Å². The van der Waals surface area contributed by atoms with Crippen molar-refractivity contribution in [3.05, 3.63) is 40.9 Å². The lowest BCUT2D eigenvalue weighted by molar-refractivity contribution is -0.122. The number of aromatic carboxylic acids is 1. The molecule has 0 spiro atoms. The average Bonchev–Trinajstić information content (AvgIpc) is 2.70. The van der Waals surface area contributed by atoms with Gasteiger partial charge < -0.3 is 5.11 Å². The third kappa shape index (κ3) is 2.23. The number of carboxylic acid groups (broad SMARTS) is 1. The number of halogens is 1. The van der Waals surface area contributed by atoms with Crippen LogP contribution in [-0.2, 0) is 9.59 Å². The number of hydrogen-bond acceptors (Lipinski definition) is 3. The number of anilines is 1. The molecule has 1 heterocycles. The van der Waals surface area contributed by atoms with E-state index in [-0.39, 0.29) is 17.4 Å². The molecule has 6 heteroatoms. The van der Waals surface area contributed by atoms with Crippen LogP contribution in [0.5, 0.6) is 0 Å². The summed E-state index contributed by atoms with van der Waals surface area (Å²) in [6, 6.07) is 5.84. The Bertz CT molecular complexity index is 682. The van der Waals surface area contributed by atoms with Crippen molar-refractivity contribution in [3.63, 3.8) is 0 Å². The number of nitrogens with zero attached hydrogens (tertiary/aromatic N) is 1. The van der Waals surface area contributed by atoms with Crippen molar-refractivity contribution in [2.45, 2.75) is 12.8 Å². The molecule has 0 aromatic heterocycles. The van der Waals surface area contributed by atoms with Gasteiger partial charge in [-0.05, 0) is 31.0 Å². The molecule has 21 heavy (non-hydrogen) atoms. The van der Waals surface area contributed by atoms with Crippen LogP contribution in [-0.4, -0.2) is 22.9 Å². The summed E-state index contributed by atoms with van der Waals surface area (Å²) in [6.45, 7) is 0. The van der Waals surface area contributed by atoms with E-state index in [1.54, 1.807) is 12.1 Å². The minimum Gasteiger partial charge on any atom is -0.478 e. The lowest BCUT2D eigenvalue weighted by atomic mass is 9.85. The molecule has 1 aliphatic carbocycles. The van der Waals surface area contributed by atoms with Crippen LogP contribution in [0.2, 0.25) is 0 Å². The predicted molar refractivity (Wildman–Crippen MR) is 76.0 cm³/mol. The summed E-state index contributed by atoms with van der Waals surface area (Å²) in [4.78, 5) is 37.0. The maximum Gasteiger partial charge on any atom is 0.335 e. The minimum atomic E-state index is -1.10. The molecule has 5 nitrogen and oxygen atoms in total. The number of benzene rings is 1. The summed E-state index contributed by atoms with van der Waals surface area (Å²) in [5, 5.41) is 9.61. The van der Waals surface area contributed by atoms with Crippen LogP contribution >= 0.6 is 11.6 Å². The van der Waals surface area contributed by atoms with Crippen LogP contribution in [0.25, 0.3) is 0 Å². The van der Waals surface area contributed by atoms with Crippen molar-refractivity contribution in [3.8, 4) is 0 Å². The van der Waals surface area contributed by atoms with Gasteiger partial charge in [-0.2, -0.15) is 0 Å². The van der Waals surface area contributed by atoms with Gasteiger partial charge in [0.2, 0.25) is 11.8 Å². The van der Waals surface area contributed by atoms with E-state index in [9.17, 15) is 14.4 Å². The summed E-state index contributed by atoms with van der Waals surface area (Å²) in [5.74, 6) is -2.53. The lowest BCUT2D eigenvalue weighted by Crippen LogP contribution is -2.31. The zero-order chi connectivity index (χ0) is 15.1. The third-order valence-electron chi connectivity index (χ3n) is 3.92. The van der Waals surface area contributed by atoms with Crippen molar-refractivity contribution in [1.82, 2.24) is 0 Å². The zero-order valence-corrected chi connectivity index (χ0v) is 11.7. The van der Waals surface area contributed by atoms with Crippen molar-refractivity contribution in [2.24, 2.45) is 11.8 Å². The number of allylic oxidation sites excluding steroid dienone is 2. The molecule has 0 saturated carbocycles. The molecular weight excluding hydrogens is 294 g/mol. The van der Waals surface area contributed by atoms with Gasteiger partial charge in [-0.3, -0.25) is 14.5 Å². The highest BCUT2D eigenvalue weighted by molar-refractivity contribution is 6.30. The molecule has 1 saturated heterocycles. The molecule has 1 N–H and O–H groups in total. The predicted octanol–water partition coefficient (Wildman–Crippen LogP) is 2.41. The van der Waals surface area contributed by atoms with Gasteiger partial charge in [0.05, 0.1) is 23.1 Å². The molecule has 1 aliphatic heterocycles. The zero-order valence-electron chi connectivity index (χ0n) is 11.0. The van der Waals surface area contributed by atoms with Crippen LogP contribution in [0.4, 0.5) is 5.69 Å². The average molecular weight is 306 g/mol. The molecule has 3 rings (SSSR count). The van der Waals surface area contributed by atoms with Crippen LogP contribution in [0.1, 0.15) is 23.2 Å². The standard InChI is InChI=1S/C15H12ClNO4/c16-9-4-5-11-12(7-9)14(19)17(13(11)18)10-3-1-2-8(6-10)15(20)21/h1-4,6,11-12H,5,7H2,(H,20,21)/t11-,12-/m0/s1. The lowest BCUT2D eigenvalue weighted by Gasteiger charge is -2.17. The van der Waals surface area contributed by atoms with E-state index in [0.717, 1.165) is 4.90 Å². The smallest absolute Gasteiger partial charge is 0.335 e. The second-order valence-corrected chi connectivity index (χ2v) is 5.66. The molecule has 1 aromatic rings. The van der Waals surface area contributed by atoms with Crippen molar-refractivity contribution < 1.29 is 19.5 Å². The highest BCUT2D eigenvalue weighted by Gasteiger charge is 2.49. The third-order valence-corrected chi connectivity index (χ3v) is 4.23. The number of carboxylic acids is 1. The molecule has 2 atom stereocenters. The first-order valence-electron chi connectivity index (χ1n) is 6.54. The van der Waals surface area contributed by atoms with Crippen molar-refractivity contribution in [1.29, 1.82) is 0 Å². The second kappa shape index (κ2) is 5.00. The first-order chi connectivity index (χ1) is 9.99. The fourth-order valence-electron chi connectivity index (χ4n) is 2.86. The first-order valence-corrected chi connectivity index (χ1v) is 6.92. The number of carbonyl (C=O) groups excluding carboxylic acids is 2. The summed E-state index contributed by atoms with van der Waals surface area (Å²) in [6.07, 6.45) is 2.58. The Labute approximate surface area is 125 Å². The molecule has 0 bridgehead atoms. The number of carbonyl (C=O) groups is 3. The summed E-state index contributed by atoms with van der Waals surface area (Å²) in [5.41, 5.74) is 0.342. The van der Waals surface area contributed by atoms with Crippen molar-refractivity contribution >= 4 is 35.1 Å². The SMILES string of the molecule is O=C(O)c1cccc(N2C(=O)[C@H]3CC=C(Cl)C[C@@H]3C2=O)c1. The highest BCUT2D eigenvalue weighted by Crippen LogP contribution is 2.40. The first kappa shape index (κ1) is 13.8. The topological polar surface area (TPSA) is 74.7 Å². The quantitative estimate of drug-likeness (QED) is 0.851. The second-order valence-electron chi connectivity index (χ2n) is 5.17. The molecule has 0 unspecified atom stereocenters. The molecule has 2 aliphatic rings. The number of amides is 2. The Kier molecular flexibility index (Phi) is 3.29. The highest BCUT2D eigenvalue weighted by atomic mass is 35.5. The summed E-state index contributed by atoms with van der Waals surface area (Å²) >= 11 is 5.96. The Balaban J connectivity index is 1.97. The molecular formula is C15H12ClNO4. The molecule has 1 fully saturated rings. The van der Waals surface area contributed by atoms with Gasteiger partial charge in [0, 0.05) is 5.03 Å². The van der Waals surface area contributed by atoms with Gasteiger partial charge >= 0.3 is 5.97 Å². The van der Waals surface area contributed by atoms with Gasteiger partial charge in [0.15, 0.2) is 0 Å². The summed E-state index contributed by atoms with van der Waals surface area (Å²) in [7, 11) is 0. The number of imide groups is 1. The van der Waals surface area contributed by atoms with Crippen LogP contribution < -0.4 is 4.90 Å². The number of fused-ring (bicyclic) bond motifs is 1. The Morgan fingerprint density at radius 3 is 2.67 bits per heavy atom. The van der Waals surface area contributed by atoms with E-state index in [1.807, 2.05) is 0 Å². The Hall–Kier alpha value is -2.14. The van der Waals surface area contributed by atoms with Gasteiger partial charge in [-0.15, -0.1) is 0 Å². The molecule has 1 aromatic carbocycles. The fraction of sp³-hybridized carbons (Fsp3) is 0.267. The van der Waals surface area contributed by atoms with Crippen LogP contribution in [0, 0.1) is 11.8 Å². The number of hydrogen-bond donors (Lipinski definition) is 1. The summed E-state index contributed by atoms with van der Waals surface area (Å²) < 4.78 is 0. The number of rotatable bonds is 2. The largest absolute Gasteiger partial charge is 0.478 e. The normalized spacial score (nSPS) is 24.8. The molecule has 108 valence electrons. The minimum absolute atomic E-state index is 0.0409. The molecule has 0 radical (unpaired) electrons. The van der Waals surface area contributed by atoms with E-state index in [4.69, 9.17) is 16.7 Å².